The average molecular weight is 293 g/mol. The molecule has 0 amide bonds. The number of fused-ring (bicyclic) bond motifs is 4. The highest BCUT2D eigenvalue weighted by Crippen LogP contribution is 2.52. The van der Waals surface area contributed by atoms with Crippen LogP contribution in [0.1, 0.15) is 37.3 Å². The maximum Gasteiger partial charge on any atom is 0.131 e. The molecule has 1 saturated heterocycles. The molecule has 1 fully saturated rings. The monoisotopic (exact) mass is 293 g/mol. The van der Waals surface area contributed by atoms with Gasteiger partial charge in [-0.05, 0) is 38.1 Å². The number of ether oxygens (including phenoxy) is 1. The third-order valence-corrected chi connectivity index (χ3v) is 5.20. The zero-order valence-electron chi connectivity index (χ0n) is 13.2. The average Bonchev–Trinajstić information content (AvgIpc) is 2.98. The number of benzene rings is 2. The molecule has 4 rings (SSSR count). The fraction of sp³-hybridized carbons (Fsp3) is 0.400. The van der Waals surface area contributed by atoms with Crippen molar-refractivity contribution >= 4 is 0 Å². The molecular weight excluding hydrogens is 270 g/mol. The smallest absolute Gasteiger partial charge is 0.131 e. The lowest BCUT2D eigenvalue weighted by atomic mass is 9.72. The lowest BCUT2D eigenvalue weighted by molar-refractivity contribution is 0.308. The Kier molecular flexibility index (Phi) is 3.42. The molecule has 0 unspecified atom stereocenters. The van der Waals surface area contributed by atoms with Crippen LogP contribution in [0.5, 0.6) is 11.5 Å². The fourth-order valence-electron chi connectivity index (χ4n) is 4.07. The molecule has 2 heterocycles. The van der Waals surface area contributed by atoms with Gasteiger partial charge in [-0.2, -0.15) is 0 Å². The van der Waals surface area contributed by atoms with Crippen molar-refractivity contribution in [3.8, 4) is 11.5 Å². The van der Waals surface area contributed by atoms with E-state index in [4.69, 9.17) is 4.74 Å². The number of hydrogen-bond acceptors (Lipinski definition) is 2. The lowest BCUT2D eigenvalue weighted by Crippen LogP contribution is -2.35. The van der Waals surface area contributed by atoms with E-state index < -0.39 is 0 Å². The summed E-state index contributed by atoms with van der Waals surface area (Å²) in [6, 6.07) is 17.2. The molecular formula is C20H23NO. The first-order valence-corrected chi connectivity index (χ1v) is 8.43. The molecule has 0 radical (unpaired) electrons. The van der Waals surface area contributed by atoms with Crippen molar-refractivity contribution in [3.63, 3.8) is 0 Å². The minimum absolute atomic E-state index is 0.110. The van der Waals surface area contributed by atoms with Gasteiger partial charge in [0, 0.05) is 23.1 Å². The van der Waals surface area contributed by atoms with Crippen LogP contribution in [0.3, 0.4) is 0 Å². The highest BCUT2D eigenvalue weighted by atomic mass is 16.5. The maximum absolute atomic E-state index is 6.16. The zero-order chi connectivity index (χ0) is 15.0. The third-order valence-electron chi connectivity index (χ3n) is 5.20. The van der Waals surface area contributed by atoms with Crippen LogP contribution in [0.15, 0.2) is 48.5 Å². The van der Waals surface area contributed by atoms with Crippen molar-refractivity contribution in [2.24, 2.45) is 0 Å². The summed E-state index contributed by atoms with van der Waals surface area (Å²) in [6.07, 6.45) is 3.74. The van der Waals surface area contributed by atoms with Crippen molar-refractivity contribution in [2.45, 2.75) is 31.6 Å². The molecule has 114 valence electrons. The van der Waals surface area contributed by atoms with Crippen LogP contribution in [-0.2, 0) is 5.41 Å². The van der Waals surface area contributed by atoms with E-state index in [0.29, 0.717) is 0 Å². The molecule has 2 aromatic rings. The summed E-state index contributed by atoms with van der Waals surface area (Å²) in [5.74, 6) is 2.08. The Bertz CT molecular complexity index is 633. The van der Waals surface area contributed by atoms with Crippen LogP contribution in [0.25, 0.3) is 0 Å². The number of likely N-dealkylation sites (tertiary alicyclic amines) is 1. The predicted octanol–water partition coefficient (Wildman–Crippen LogP) is 4.58. The largest absolute Gasteiger partial charge is 0.457 e. The standard InChI is InChI=1S/C20H23NO/c1-2-3-13-21-14-12-20(15-21)16-8-4-6-10-18(16)22-19-11-7-5-9-17(19)20/h4-11H,2-3,12-15H2,1H3. The topological polar surface area (TPSA) is 12.5 Å². The molecule has 0 N–H and O–H groups in total. The summed E-state index contributed by atoms with van der Waals surface area (Å²) >= 11 is 0. The normalized spacial score (nSPS) is 18.8. The van der Waals surface area contributed by atoms with E-state index in [-0.39, 0.29) is 5.41 Å². The van der Waals surface area contributed by atoms with Crippen LogP contribution in [0, 0.1) is 0 Å². The van der Waals surface area contributed by atoms with E-state index >= 15 is 0 Å². The van der Waals surface area contributed by atoms with Crippen molar-refractivity contribution in [2.75, 3.05) is 19.6 Å². The number of unbranched alkanes of at least 4 members (excludes halogenated alkanes) is 1. The number of para-hydroxylation sites is 2. The Balaban J connectivity index is 1.79. The molecule has 1 spiro atoms. The van der Waals surface area contributed by atoms with Gasteiger partial charge in [0.15, 0.2) is 0 Å². The van der Waals surface area contributed by atoms with Gasteiger partial charge in [-0.15, -0.1) is 0 Å². The second kappa shape index (κ2) is 5.44. The van der Waals surface area contributed by atoms with E-state index in [2.05, 4.69) is 60.4 Å². The molecule has 22 heavy (non-hydrogen) atoms. The predicted molar refractivity (Wildman–Crippen MR) is 89.7 cm³/mol. The number of hydrogen-bond donors (Lipinski definition) is 0. The molecule has 0 aliphatic carbocycles. The first kappa shape index (κ1) is 13.8. The van der Waals surface area contributed by atoms with Crippen molar-refractivity contribution in [1.29, 1.82) is 0 Å². The van der Waals surface area contributed by atoms with Crippen LogP contribution in [0.2, 0.25) is 0 Å². The van der Waals surface area contributed by atoms with Gasteiger partial charge in [0.2, 0.25) is 0 Å². The molecule has 0 bridgehead atoms. The molecule has 2 heteroatoms. The quantitative estimate of drug-likeness (QED) is 0.821. The van der Waals surface area contributed by atoms with Crippen LogP contribution in [0.4, 0.5) is 0 Å². The Morgan fingerprint density at radius 2 is 1.64 bits per heavy atom. The van der Waals surface area contributed by atoms with E-state index in [1.165, 1.54) is 43.5 Å². The summed E-state index contributed by atoms with van der Waals surface area (Å²) in [7, 11) is 0. The first-order valence-electron chi connectivity index (χ1n) is 8.43. The van der Waals surface area contributed by atoms with Gasteiger partial charge in [0.1, 0.15) is 11.5 Å². The van der Waals surface area contributed by atoms with E-state index in [1.54, 1.807) is 0 Å². The second-order valence-electron chi connectivity index (χ2n) is 6.56. The van der Waals surface area contributed by atoms with Gasteiger partial charge in [0.25, 0.3) is 0 Å². The third kappa shape index (κ3) is 2.05. The van der Waals surface area contributed by atoms with Crippen molar-refractivity contribution in [1.82, 2.24) is 4.90 Å². The van der Waals surface area contributed by atoms with E-state index in [1.807, 2.05) is 0 Å². The summed E-state index contributed by atoms with van der Waals surface area (Å²) in [5, 5.41) is 0. The molecule has 2 aliphatic heterocycles. The Morgan fingerprint density at radius 1 is 1.00 bits per heavy atom. The zero-order valence-corrected chi connectivity index (χ0v) is 13.2. The molecule has 0 aromatic heterocycles. The maximum atomic E-state index is 6.16. The Morgan fingerprint density at radius 3 is 2.27 bits per heavy atom. The summed E-state index contributed by atoms with van der Waals surface area (Å²) in [4.78, 5) is 2.63. The van der Waals surface area contributed by atoms with E-state index in [9.17, 15) is 0 Å². The number of rotatable bonds is 3. The lowest BCUT2D eigenvalue weighted by Gasteiger charge is -2.37. The fourth-order valence-corrected chi connectivity index (χ4v) is 4.07. The second-order valence-corrected chi connectivity index (χ2v) is 6.56. The Labute approximate surface area is 132 Å². The summed E-state index contributed by atoms with van der Waals surface area (Å²) in [5.41, 5.74) is 2.85. The summed E-state index contributed by atoms with van der Waals surface area (Å²) in [6.45, 7) is 5.78. The van der Waals surface area contributed by atoms with Crippen molar-refractivity contribution in [3.05, 3.63) is 59.7 Å². The van der Waals surface area contributed by atoms with Crippen LogP contribution >= 0.6 is 0 Å². The van der Waals surface area contributed by atoms with Gasteiger partial charge in [-0.25, -0.2) is 0 Å². The molecule has 0 atom stereocenters. The molecule has 2 aliphatic rings. The Hall–Kier alpha value is -1.80. The molecule has 0 saturated carbocycles. The molecule has 2 nitrogen and oxygen atoms in total. The highest BCUT2D eigenvalue weighted by molar-refractivity contribution is 5.58. The summed E-state index contributed by atoms with van der Waals surface area (Å²) < 4.78 is 6.16. The van der Waals surface area contributed by atoms with Gasteiger partial charge in [0.05, 0.1) is 0 Å². The van der Waals surface area contributed by atoms with Crippen molar-refractivity contribution < 1.29 is 4.74 Å². The minimum Gasteiger partial charge on any atom is -0.457 e. The molecule has 2 aromatic carbocycles. The SMILES string of the molecule is CCCCN1CCC2(C1)c1ccccc1Oc1ccccc12. The van der Waals surface area contributed by atoms with Gasteiger partial charge >= 0.3 is 0 Å². The van der Waals surface area contributed by atoms with Gasteiger partial charge < -0.3 is 9.64 Å². The van der Waals surface area contributed by atoms with Gasteiger partial charge in [-0.3, -0.25) is 0 Å². The first-order chi connectivity index (χ1) is 10.8. The van der Waals surface area contributed by atoms with Gasteiger partial charge in [-0.1, -0.05) is 49.7 Å². The van der Waals surface area contributed by atoms with Crippen LogP contribution < -0.4 is 4.74 Å². The van der Waals surface area contributed by atoms with E-state index in [0.717, 1.165) is 18.0 Å². The highest BCUT2D eigenvalue weighted by Gasteiger charge is 2.46. The van der Waals surface area contributed by atoms with Crippen LogP contribution in [-0.4, -0.2) is 24.5 Å². The minimum atomic E-state index is 0.110. The number of nitrogens with zero attached hydrogens (tertiary/aromatic N) is 1.